The second-order valence-electron chi connectivity index (χ2n) is 6.44. The van der Waals surface area contributed by atoms with Gasteiger partial charge in [0.1, 0.15) is 0 Å². The molecule has 4 aromatic rings. The van der Waals surface area contributed by atoms with Crippen LogP contribution < -0.4 is 5.32 Å². The second-order valence-corrected chi connectivity index (χ2v) is 6.44. The van der Waals surface area contributed by atoms with Crippen molar-refractivity contribution < 1.29 is 22.5 Å². The normalized spacial score (nSPS) is 10.8. The van der Waals surface area contributed by atoms with Crippen LogP contribution in [0, 0.1) is 24.4 Å². The van der Waals surface area contributed by atoms with E-state index in [0.717, 1.165) is 12.1 Å². The Balaban J connectivity index is 1.71. The number of carbonyl (C=O) groups is 1. The minimum atomic E-state index is -1.55. The molecule has 0 unspecified atom stereocenters. The molecule has 150 valence electrons. The van der Waals surface area contributed by atoms with E-state index in [9.17, 15) is 18.0 Å². The molecule has 0 aliphatic rings. The van der Waals surface area contributed by atoms with Gasteiger partial charge in [0.25, 0.3) is 5.91 Å². The van der Waals surface area contributed by atoms with Gasteiger partial charge in [0, 0.05) is 23.7 Å². The third-order valence-electron chi connectivity index (χ3n) is 4.41. The molecule has 0 atom stereocenters. The van der Waals surface area contributed by atoms with Crippen LogP contribution >= 0.6 is 0 Å². The van der Waals surface area contributed by atoms with Crippen molar-refractivity contribution in [3.05, 3.63) is 89.6 Å². The summed E-state index contributed by atoms with van der Waals surface area (Å²) in [6.07, 6.45) is 0. The van der Waals surface area contributed by atoms with Crippen LogP contribution in [0.25, 0.3) is 22.5 Å². The molecule has 0 spiro atoms. The summed E-state index contributed by atoms with van der Waals surface area (Å²) in [6, 6.07) is 14.9. The predicted octanol–water partition coefficient (Wildman–Crippen LogP) is 5.38. The van der Waals surface area contributed by atoms with E-state index in [4.69, 9.17) is 4.52 Å². The zero-order valence-electron chi connectivity index (χ0n) is 15.6. The van der Waals surface area contributed by atoms with E-state index >= 15 is 0 Å². The maximum absolute atomic E-state index is 13.7. The number of para-hydroxylation sites is 1. The number of carbonyl (C=O) groups excluding carboxylic acids is 1. The van der Waals surface area contributed by atoms with Crippen LogP contribution in [-0.4, -0.2) is 16.0 Å². The number of nitrogens with zero attached hydrogens (tertiary/aromatic N) is 2. The fourth-order valence-electron chi connectivity index (χ4n) is 3.03. The molecular formula is C22H14F3N3O2. The monoisotopic (exact) mass is 409 g/mol. The Morgan fingerprint density at radius 3 is 2.23 bits per heavy atom. The van der Waals surface area contributed by atoms with Crippen molar-refractivity contribution in [1.82, 2.24) is 10.1 Å². The van der Waals surface area contributed by atoms with E-state index in [1.165, 1.54) is 0 Å². The summed E-state index contributed by atoms with van der Waals surface area (Å²) in [6.45, 7) is 1.64. The third-order valence-corrected chi connectivity index (χ3v) is 4.41. The topological polar surface area (TPSA) is 68.0 Å². The maximum Gasteiger partial charge on any atom is 0.256 e. The van der Waals surface area contributed by atoms with Crippen LogP contribution in [-0.2, 0) is 0 Å². The second kappa shape index (κ2) is 7.82. The van der Waals surface area contributed by atoms with Gasteiger partial charge in [-0.05, 0) is 29.8 Å². The molecule has 5 nitrogen and oxygen atoms in total. The molecule has 0 aliphatic carbocycles. The van der Waals surface area contributed by atoms with Gasteiger partial charge in [0.05, 0.1) is 5.56 Å². The number of rotatable bonds is 4. The fraction of sp³-hybridized carbons (Fsp3) is 0.0455. The summed E-state index contributed by atoms with van der Waals surface area (Å²) in [5, 5.41) is 6.58. The van der Waals surface area contributed by atoms with Gasteiger partial charge in [-0.3, -0.25) is 4.79 Å². The van der Waals surface area contributed by atoms with E-state index in [1.807, 2.05) is 0 Å². The number of halogens is 3. The summed E-state index contributed by atoms with van der Waals surface area (Å²) in [4.78, 5) is 17.1. The molecule has 0 bridgehead atoms. The van der Waals surface area contributed by atoms with Crippen molar-refractivity contribution in [2.45, 2.75) is 6.92 Å². The first-order valence-corrected chi connectivity index (χ1v) is 8.89. The minimum Gasteiger partial charge on any atom is -0.339 e. The van der Waals surface area contributed by atoms with Gasteiger partial charge in [-0.25, -0.2) is 13.2 Å². The number of hydrogen-bond acceptors (Lipinski definition) is 4. The van der Waals surface area contributed by atoms with Gasteiger partial charge in [-0.2, -0.15) is 4.98 Å². The van der Waals surface area contributed by atoms with E-state index in [-0.39, 0.29) is 17.0 Å². The Morgan fingerprint density at radius 1 is 0.933 bits per heavy atom. The maximum atomic E-state index is 13.7. The van der Waals surface area contributed by atoms with Gasteiger partial charge in [-0.1, -0.05) is 41.6 Å². The van der Waals surface area contributed by atoms with Crippen LogP contribution in [0.3, 0.4) is 0 Å². The van der Waals surface area contributed by atoms with Crippen LogP contribution in [0.1, 0.15) is 16.2 Å². The highest BCUT2D eigenvalue weighted by atomic mass is 19.2. The van der Waals surface area contributed by atoms with Gasteiger partial charge in [-0.15, -0.1) is 0 Å². The molecule has 0 saturated carbocycles. The van der Waals surface area contributed by atoms with Crippen molar-refractivity contribution in [2.24, 2.45) is 0 Å². The smallest absolute Gasteiger partial charge is 0.256 e. The van der Waals surface area contributed by atoms with E-state index < -0.39 is 23.4 Å². The number of nitrogens with one attached hydrogen (secondary N) is 1. The summed E-state index contributed by atoms with van der Waals surface area (Å²) in [7, 11) is 0. The first kappa shape index (κ1) is 19.4. The number of hydrogen-bond donors (Lipinski definition) is 1. The van der Waals surface area contributed by atoms with Crippen LogP contribution in [0.4, 0.5) is 18.9 Å². The third kappa shape index (κ3) is 3.67. The molecule has 1 N–H and O–H groups in total. The van der Waals surface area contributed by atoms with E-state index in [2.05, 4.69) is 15.5 Å². The molecule has 3 aromatic carbocycles. The lowest BCUT2D eigenvalue weighted by Gasteiger charge is -2.13. The first-order valence-electron chi connectivity index (χ1n) is 8.89. The highest BCUT2D eigenvalue weighted by Gasteiger charge is 2.19. The van der Waals surface area contributed by atoms with Crippen molar-refractivity contribution in [3.63, 3.8) is 0 Å². The predicted molar refractivity (Wildman–Crippen MR) is 104 cm³/mol. The summed E-state index contributed by atoms with van der Waals surface area (Å²) in [5.74, 6) is -4.05. The number of aryl methyl sites for hydroxylation is 1. The summed E-state index contributed by atoms with van der Waals surface area (Å²) < 4.78 is 45.7. The molecular weight excluding hydrogens is 395 g/mol. The highest BCUT2D eigenvalue weighted by Crippen LogP contribution is 2.31. The van der Waals surface area contributed by atoms with Crippen LogP contribution in [0.2, 0.25) is 0 Å². The Morgan fingerprint density at radius 2 is 1.57 bits per heavy atom. The average Bonchev–Trinajstić information content (AvgIpc) is 3.18. The Labute approximate surface area is 169 Å². The SMILES string of the molecule is Cc1nc(-c2ccccc2C(=O)Nc2ccccc2-c2cc(F)c(F)c(F)c2)no1. The largest absolute Gasteiger partial charge is 0.339 e. The number of amides is 1. The molecule has 0 radical (unpaired) electrons. The number of anilines is 1. The van der Waals surface area contributed by atoms with Crippen molar-refractivity contribution in [2.75, 3.05) is 5.32 Å². The first-order chi connectivity index (χ1) is 14.4. The molecule has 1 amide bonds. The highest BCUT2D eigenvalue weighted by molar-refractivity contribution is 6.09. The average molecular weight is 409 g/mol. The fourth-order valence-corrected chi connectivity index (χ4v) is 3.03. The molecule has 8 heteroatoms. The van der Waals surface area contributed by atoms with Crippen molar-refractivity contribution in [3.8, 4) is 22.5 Å². The minimum absolute atomic E-state index is 0.0874. The zero-order chi connectivity index (χ0) is 21.3. The standard InChI is InChI=1S/C22H14F3N3O2/c1-12-26-21(28-30-12)15-7-2-3-8-16(15)22(29)27-19-9-5-4-6-14(19)13-10-17(23)20(25)18(24)11-13/h2-11H,1H3,(H,27,29). The molecule has 30 heavy (non-hydrogen) atoms. The van der Waals surface area contributed by atoms with Crippen molar-refractivity contribution in [1.29, 1.82) is 0 Å². The Bertz CT molecular complexity index is 1230. The number of aromatic nitrogens is 2. The quantitative estimate of drug-likeness (QED) is 0.460. The molecule has 4 rings (SSSR count). The molecule has 0 aliphatic heterocycles. The Kier molecular flexibility index (Phi) is 5.05. The molecule has 0 saturated heterocycles. The zero-order valence-corrected chi connectivity index (χ0v) is 15.6. The lowest BCUT2D eigenvalue weighted by molar-refractivity contribution is 0.102. The van der Waals surface area contributed by atoms with Gasteiger partial charge in [0.2, 0.25) is 11.7 Å². The van der Waals surface area contributed by atoms with Gasteiger partial charge in [0.15, 0.2) is 17.5 Å². The van der Waals surface area contributed by atoms with E-state index in [1.54, 1.807) is 55.5 Å². The lowest BCUT2D eigenvalue weighted by atomic mass is 10.0. The van der Waals surface area contributed by atoms with E-state index in [0.29, 0.717) is 22.7 Å². The van der Waals surface area contributed by atoms with Gasteiger partial charge < -0.3 is 9.84 Å². The van der Waals surface area contributed by atoms with Crippen molar-refractivity contribution >= 4 is 11.6 Å². The molecule has 1 aromatic heterocycles. The summed E-state index contributed by atoms with van der Waals surface area (Å²) in [5.41, 5.74) is 1.46. The number of benzene rings is 3. The Hall–Kier alpha value is -3.94. The van der Waals surface area contributed by atoms with Crippen LogP contribution in [0.5, 0.6) is 0 Å². The lowest BCUT2D eigenvalue weighted by Crippen LogP contribution is -2.14. The van der Waals surface area contributed by atoms with Gasteiger partial charge >= 0.3 is 0 Å². The molecule has 1 heterocycles. The van der Waals surface area contributed by atoms with Crippen LogP contribution in [0.15, 0.2) is 65.2 Å². The molecule has 0 fully saturated rings. The summed E-state index contributed by atoms with van der Waals surface area (Å²) >= 11 is 0.